The van der Waals surface area contributed by atoms with E-state index < -0.39 is 5.97 Å². The maximum Gasteiger partial charge on any atom is 0.344 e. The summed E-state index contributed by atoms with van der Waals surface area (Å²) in [5, 5.41) is 8.15. The molecule has 0 saturated heterocycles. The van der Waals surface area contributed by atoms with E-state index in [1.807, 2.05) is 60.7 Å². The molecule has 4 aromatic rings. The molecule has 0 aliphatic rings. The Morgan fingerprint density at radius 1 is 0.759 bits per heavy atom. The van der Waals surface area contributed by atoms with Gasteiger partial charge >= 0.3 is 5.97 Å². The van der Waals surface area contributed by atoms with Crippen molar-refractivity contribution in [2.45, 2.75) is 0 Å². The number of benzene rings is 3. The van der Waals surface area contributed by atoms with Crippen molar-refractivity contribution in [2.24, 2.45) is 0 Å². The van der Waals surface area contributed by atoms with Gasteiger partial charge in [-0.15, -0.1) is 10.2 Å². The number of para-hydroxylation sites is 1. The van der Waals surface area contributed by atoms with Crippen LogP contribution in [-0.4, -0.2) is 16.2 Å². The number of nitrogens with zero attached hydrogens (tertiary/aromatic N) is 2. The van der Waals surface area contributed by atoms with Crippen LogP contribution in [0, 0.1) is 0 Å². The fraction of sp³-hybridized carbons (Fsp3) is 0. The number of esters is 1. The summed E-state index contributed by atoms with van der Waals surface area (Å²) in [6, 6.07) is 27.4. The second kappa shape index (κ2) is 8.67. The summed E-state index contributed by atoms with van der Waals surface area (Å²) in [6.07, 6.45) is 0. The van der Waals surface area contributed by atoms with Gasteiger partial charge in [-0.05, 0) is 60.7 Å². The molecule has 0 bridgehead atoms. The quantitative estimate of drug-likeness (QED) is 0.356. The molecule has 0 amide bonds. The topological polar surface area (TPSA) is 61.3 Å². The van der Waals surface area contributed by atoms with Gasteiger partial charge in [-0.25, -0.2) is 4.79 Å². The predicted molar refractivity (Wildman–Crippen MR) is 113 cm³/mol. The number of carbonyl (C=O) groups is 1. The van der Waals surface area contributed by atoms with Gasteiger partial charge in [-0.3, -0.25) is 0 Å². The SMILES string of the molecule is O=C(Oc1ccc(-c2ccc(Oc3ccccc3)cc2)nn1)c1cccc(Br)c1. The maximum atomic E-state index is 12.2. The first kappa shape index (κ1) is 18.8. The Morgan fingerprint density at radius 3 is 2.21 bits per heavy atom. The van der Waals surface area contributed by atoms with E-state index in [9.17, 15) is 4.79 Å². The zero-order chi connectivity index (χ0) is 20.1. The van der Waals surface area contributed by atoms with Gasteiger partial charge in [0, 0.05) is 16.1 Å². The molecule has 29 heavy (non-hydrogen) atoms. The summed E-state index contributed by atoms with van der Waals surface area (Å²) in [5.74, 6) is 1.16. The molecule has 0 unspecified atom stereocenters. The maximum absolute atomic E-state index is 12.2. The molecule has 0 radical (unpaired) electrons. The molecule has 0 N–H and O–H groups in total. The molecule has 4 rings (SSSR count). The highest BCUT2D eigenvalue weighted by Gasteiger charge is 2.11. The molecular weight excluding hydrogens is 432 g/mol. The Bertz CT molecular complexity index is 1110. The molecule has 0 aliphatic carbocycles. The highest BCUT2D eigenvalue weighted by molar-refractivity contribution is 9.10. The Labute approximate surface area is 176 Å². The highest BCUT2D eigenvalue weighted by atomic mass is 79.9. The van der Waals surface area contributed by atoms with Crippen LogP contribution >= 0.6 is 15.9 Å². The average Bonchev–Trinajstić information content (AvgIpc) is 2.76. The van der Waals surface area contributed by atoms with Crippen molar-refractivity contribution < 1.29 is 14.3 Å². The van der Waals surface area contributed by atoms with Gasteiger partial charge in [0.2, 0.25) is 5.88 Å². The standard InChI is InChI=1S/C23H15BrN2O3/c24-18-6-4-5-17(15-18)23(27)29-22-14-13-21(25-26-22)16-9-11-20(12-10-16)28-19-7-2-1-3-8-19/h1-15H. The van der Waals surface area contributed by atoms with Crippen molar-refractivity contribution in [3.63, 3.8) is 0 Å². The number of aromatic nitrogens is 2. The van der Waals surface area contributed by atoms with Gasteiger partial charge in [0.25, 0.3) is 0 Å². The zero-order valence-electron chi connectivity index (χ0n) is 15.2. The van der Waals surface area contributed by atoms with Crippen LogP contribution in [0.4, 0.5) is 0 Å². The van der Waals surface area contributed by atoms with E-state index in [0.29, 0.717) is 11.3 Å². The van der Waals surface area contributed by atoms with Crippen LogP contribution in [-0.2, 0) is 0 Å². The van der Waals surface area contributed by atoms with Gasteiger partial charge in [-0.1, -0.05) is 40.2 Å². The van der Waals surface area contributed by atoms with E-state index in [0.717, 1.165) is 21.5 Å². The lowest BCUT2D eigenvalue weighted by atomic mass is 10.1. The van der Waals surface area contributed by atoms with Crippen LogP contribution in [0.2, 0.25) is 0 Å². The lowest BCUT2D eigenvalue weighted by molar-refractivity contribution is 0.0726. The van der Waals surface area contributed by atoms with Crippen molar-refractivity contribution in [3.8, 4) is 28.6 Å². The largest absolute Gasteiger partial charge is 0.457 e. The second-order valence-electron chi connectivity index (χ2n) is 6.10. The van der Waals surface area contributed by atoms with Crippen LogP contribution < -0.4 is 9.47 Å². The highest BCUT2D eigenvalue weighted by Crippen LogP contribution is 2.25. The third-order valence-corrected chi connectivity index (χ3v) is 4.52. The summed E-state index contributed by atoms with van der Waals surface area (Å²) in [4.78, 5) is 12.2. The number of carbonyl (C=O) groups excluding carboxylic acids is 1. The van der Waals surface area contributed by atoms with E-state index in [4.69, 9.17) is 9.47 Å². The van der Waals surface area contributed by atoms with E-state index in [1.165, 1.54) is 0 Å². The Morgan fingerprint density at radius 2 is 1.52 bits per heavy atom. The molecule has 0 atom stereocenters. The van der Waals surface area contributed by atoms with Crippen LogP contribution in [0.25, 0.3) is 11.3 Å². The van der Waals surface area contributed by atoms with Crippen molar-refractivity contribution in [1.29, 1.82) is 0 Å². The number of hydrogen-bond acceptors (Lipinski definition) is 5. The first-order chi connectivity index (χ1) is 14.2. The fourth-order valence-corrected chi connectivity index (χ4v) is 3.02. The van der Waals surface area contributed by atoms with Crippen molar-refractivity contribution in [1.82, 2.24) is 10.2 Å². The lowest BCUT2D eigenvalue weighted by Gasteiger charge is -2.07. The summed E-state index contributed by atoms with van der Waals surface area (Å²) in [5.41, 5.74) is 1.97. The number of ether oxygens (including phenoxy) is 2. The number of rotatable bonds is 5. The van der Waals surface area contributed by atoms with Crippen LogP contribution in [0.1, 0.15) is 10.4 Å². The van der Waals surface area contributed by atoms with E-state index >= 15 is 0 Å². The predicted octanol–water partition coefficient (Wildman–Crippen LogP) is 5.92. The zero-order valence-corrected chi connectivity index (χ0v) is 16.7. The summed E-state index contributed by atoms with van der Waals surface area (Å²) in [6.45, 7) is 0. The number of halogens is 1. The molecular formula is C23H15BrN2O3. The lowest BCUT2D eigenvalue weighted by Crippen LogP contribution is -2.09. The van der Waals surface area contributed by atoms with Gasteiger partial charge < -0.3 is 9.47 Å². The molecule has 142 valence electrons. The molecule has 5 nitrogen and oxygen atoms in total. The molecule has 0 spiro atoms. The van der Waals surface area contributed by atoms with E-state index in [1.54, 1.807) is 30.3 Å². The molecule has 1 heterocycles. The van der Waals surface area contributed by atoms with E-state index in [-0.39, 0.29) is 5.88 Å². The van der Waals surface area contributed by atoms with Crippen LogP contribution in [0.3, 0.4) is 0 Å². The Hall–Kier alpha value is -3.51. The second-order valence-corrected chi connectivity index (χ2v) is 7.01. The molecule has 3 aromatic carbocycles. The van der Waals surface area contributed by atoms with Gasteiger partial charge in [0.1, 0.15) is 11.5 Å². The minimum atomic E-state index is -0.490. The van der Waals surface area contributed by atoms with Gasteiger partial charge in [0.05, 0.1) is 11.3 Å². The summed E-state index contributed by atoms with van der Waals surface area (Å²) < 4.78 is 11.9. The third-order valence-electron chi connectivity index (χ3n) is 4.03. The molecule has 0 fully saturated rings. The normalized spacial score (nSPS) is 10.4. The van der Waals surface area contributed by atoms with Crippen LogP contribution in [0.5, 0.6) is 17.4 Å². The smallest absolute Gasteiger partial charge is 0.344 e. The molecule has 1 aromatic heterocycles. The number of hydrogen-bond donors (Lipinski definition) is 0. The first-order valence-electron chi connectivity index (χ1n) is 8.82. The van der Waals surface area contributed by atoms with Crippen molar-refractivity contribution in [2.75, 3.05) is 0 Å². The van der Waals surface area contributed by atoms with Crippen molar-refractivity contribution >= 4 is 21.9 Å². The van der Waals surface area contributed by atoms with Gasteiger partial charge in [0.15, 0.2) is 0 Å². The molecule has 0 saturated carbocycles. The fourth-order valence-electron chi connectivity index (χ4n) is 2.62. The monoisotopic (exact) mass is 446 g/mol. The average molecular weight is 447 g/mol. The minimum Gasteiger partial charge on any atom is -0.457 e. The Balaban J connectivity index is 1.43. The van der Waals surface area contributed by atoms with Crippen LogP contribution in [0.15, 0.2) is 95.5 Å². The summed E-state index contributed by atoms with van der Waals surface area (Å²) >= 11 is 3.33. The van der Waals surface area contributed by atoms with E-state index in [2.05, 4.69) is 26.1 Å². The molecule has 6 heteroatoms. The van der Waals surface area contributed by atoms with Gasteiger partial charge in [-0.2, -0.15) is 0 Å². The molecule has 0 aliphatic heterocycles. The summed E-state index contributed by atoms with van der Waals surface area (Å²) in [7, 11) is 0. The van der Waals surface area contributed by atoms with Crippen molar-refractivity contribution in [3.05, 3.63) is 101 Å². The third kappa shape index (κ3) is 4.86. The Kier molecular flexibility index (Phi) is 5.63. The minimum absolute atomic E-state index is 0.141. The first-order valence-corrected chi connectivity index (χ1v) is 9.61.